The summed E-state index contributed by atoms with van der Waals surface area (Å²) in [4.78, 5) is 1.11. The highest BCUT2D eigenvalue weighted by Gasteiger charge is 2.07. The third-order valence-electron chi connectivity index (χ3n) is 1.66. The van der Waals surface area contributed by atoms with Crippen LogP contribution in [-0.4, -0.2) is 6.54 Å². The van der Waals surface area contributed by atoms with Crippen molar-refractivity contribution in [3.8, 4) is 0 Å². The smallest absolute Gasteiger partial charge is 0.123 e. The molecule has 1 N–H and O–H groups in total. The average molecular weight is 181 g/mol. The van der Waals surface area contributed by atoms with E-state index >= 15 is 0 Å². The molecule has 0 radical (unpaired) electrons. The lowest BCUT2D eigenvalue weighted by Gasteiger charge is -1.99. The Balaban J connectivity index is 2.33. The van der Waals surface area contributed by atoms with Crippen LogP contribution in [0, 0.1) is 5.82 Å². The highest BCUT2D eigenvalue weighted by atomic mass is 32.2. The molecule has 0 amide bonds. The Morgan fingerprint density at radius 1 is 1.42 bits per heavy atom. The van der Waals surface area contributed by atoms with Gasteiger partial charge < -0.3 is 0 Å². The summed E-state index contributed by atoms with van der Waals surface area (Å²) in [7, 11) is 0. The van der Waals surface area contributed by atoms with Crippen LogP contribution >= 0.6 is 11.9 Å². The second kappa shape index (κ2) is 3.29. The van der Waals surface area contributed by atoms with Crippen LogP contribution in [0.2, 0.25) is 0 Å². The van der Waals surface area contributed by atoms with Crippen LogP contribution in [0.5, 0.6) is 0 Å². The van der Waals surface area contributed by atoms with Gasteiger partial charge >= 0.3 is 0 Å². The molecule has 0 aliphatic carbocycles. The Morgan fingerprint density at radius 3 is 3.00 bits per heavy atom. The maximum atomic E-state index is 12.8. The van der Waals surface area contributed by atoms with Crippen LogP contribution in [-0.2, 0) is 0 Å². The van der Waals surface area contributed by atoms with Crippen LogP contribution in [0.15, 0.2) is 30.3 Å². The van der Waals surface area contributed by atoms with Crippen molar-refractivity contribution in [1.82, 2.24) is 4.72 Å². The molecule has 1 aliphatic heterocycles. The topological polar surface area (TPSA) is 12.0 Å². The van der Waals surface area contributed by atoms with E-state index in [2.05, 4.69) is 10.8 Å². The first kappa shape index (κ1) is 7.83. The number of benzene rings is 1. The van der Waals surface area contributed by atoms with E-state index in [1.807, 2.05) is 6.07 Å². The molecule has 1 aromatic carbocycles. The van der Waals surface area contributed by atoms with Crippen molar-refractivity contribution >= 4 is 16.9 Å². The molecule has 0 spiro atoms. The summed E-state index contributed by atoms with van der Waals surface area (Å²) in [6, 6.07) is 6.64. The minimum Gasteiger partial charge on any atom is -0.256 e. The molecule has 12 heavy (non-hydrogen) atoms. The third kappa shape index (κ3) is 1.52. The Bertz CT molecular complexity index is 322. The molecule has 0 unspecified atom stereocenters. The Kier molecular flexibility index (Phi) is 2.15. The molecular formula is C9H8FNS. The Morgan fingerprint density at radius 2 is 2.33 bits per heavy atom. The molecule has 62 valence electrons. The van der Waals surface area contributed by atoms with Crippen molar-refractivity contribution in [3.05, 3.63) is 41.7 Å². The van der Waals surface area contributed by atoms with Crippen LogP contribution in [0.4, 0.5) is 4.39 Å². The summed E-state index contributed by atoms with van der Waals surface area (Å²) in [5, 5.41) is 0. The summed E-state index contributed by atoms with van der Waals surface area (Å²) in [5.74, 6) is -0.180. The largest absolute Gasteiger partial charge is 0.256 e. The fraction of sp³-hybridized carbons (Fsp3) is 0.111. The molecule has 0 atom stereocenters. The zero-order valence-corrected chi connectivity index (χ0v) is 7.20. The van der Waals surface area contributed by atoms with Crippen molar-refractivity contribution in [3.63, 3.8) is 0 Å². The standard InChI is InChI=1S/C9H8FNS/c10-8-3-1-2-7(6-8)9-4-5-11-12-9/h1-4,6,11H,5H2. The molecule has 1 aromatic rings. The fourth-order valence-corrected chi connectivity index (χ4v) is 1.85. The van der Waals surface area contributed by atoms with E-state index in [0.717, 1.165) is 17.0 Å². The molecule has 0 saturated carbocycles. The number of halogens is 1. The second-order valence-corrected chi connectivity index (χ2v) is 3.46. The molecule has 0 bridgehead atoms. The summed E-state index contributed by atoms with van der Waals surface area (Å²) in [6.07, 6.45) is 2.06. The predicted molar refractivity (Wildman–Crippen MR) is 50.0 cm³/mol. The van der Waals surface area contributed by atoms with Crippen LogP contribution < -0.4 is 4.72 Å². The molecule has 1 nitrogen and oxygen atoms in total. The second-order valence-electron chi connectivity index (χ2n) is 2.53. The number of nitrogens with one attached hydrogen (secondary N) is 1. The molecule has 1 heterocycles. The maximum Gasteiger partial charge on any atom is 0.123 e. The zero-order valence-electron chi connectivity index (χ0n) is 6.38. The van der Waals surface area contributed by atoms with Crippen molar-refractivity contribution in [2.75, 3.05) is 6.54 Å². The lowest BCUT2D eigenvalue weighted by atomic mass is 10.2. The summed E-state index contributed by atoms with van der Waals surface area (Å²) < 4.78 is 15.9. The first-order chi connectivity index (χ1) is 5.86. The normalized spacial score (nSPS) is 16.2. The van der Waals surface area contributed by atoms with Gasteiger partial charge in [-0.3, -0.25) is 4.72 Å². The SMILES string of the molecule is Fc1cccc(C2=CCNS2)c1. The highest BCUT2D eigenvalue weighted by molar-refractivity contribution is 8.06. The predicted octanol–water partition coefficient (Wildman–Crippen LogP) is 2.42. The molecule has 3 heteroatoms. The van der Waals surface area contributed by atoms with Gasteiger partial charge in [0.25, 0.3) is 0 Å². The molecular weight excluding hydrogens is 173 g/mol. The minimum atomic E-state index is -0.180. The number of hydrogen-bond acceptors (Lipinski definition) is 2. The molecule has 0 saturated heterocycles. The highest BCUT2D eigenvalue weighted by Crippen LogP contribution is 2.28. The Hall–Kier alpha value is -0.800. The molecule has 0 aromatic heterocycles. The summed E-state index contributed by atoms with van der Waals surface area (Å²) in [5.41, 5.74) is 0.949. The maximum absolute atomic E-state index is 12.8. The average Bonchev–Trinajstić information content (AvgIpc) is 2.56. The van der Waals surface area contributed by atoms with Crippen molar-refractivity contribution in [1.29, 1.82) is 0 Å². The van der Waals surface area contributed by atoms with Gasteiger partial charge in [-0.15, -0.1) is 0 Å². The van der Waals surface area contributed by atoms with Gasteiger partial charge in [-0.2, -0.15) is 0 Å². The molecule has 1 aliphatic rings. The van der Waals surface area contributed by atoms with E-state index in [1.165, 1.54) is 6.07 Å². The van der Waals surface area contributed by atoms with Gasteiger partial charge in [-0.1, -0.05) is 18.2 Å². The molecule has 2 rings (SSSR count). The van der Waals surface area contributed by atoms with Crippen LogP contribution in [0.25, 0.3) is 4.91 Å². The van der Waals surface area contributed by atoms with E-state index in [9.17, 15) is 4.39 Å². The van der Waals surface area contributed by atoms with Crippen LogP contribution in [0.3, 0.4) is 0 Å². The van der Waals surface area contributed by atoms with Gasteiger partial charge in [0.05, 0.1) is 0 Å². The number of hydrogen-bond donors (Lipinski definition) is 1. The zero-order chi connectivity index (χ0) is 8.39. The van der Waals surface area contributed by atoms with E-state index in [0.29, 0.717) is 0 Å². The van der Waals surface area contributed by atoms with Crippen LogP contribution in [0.1, 0.15) is 5.56 Å². The van der Waals surface area contributed by atoms with E-state index < -0.39 is 0 Å². The van der Waals surface area contributed by atoms with Crippen molar-refractivity contribution in [2.24, 2.45) is 0 Å². The van der Waals surface area contributed by atoms with E-state index in [4.69, 9.17) is 0 Å². The lowest BCUT2D eigenvalue weighted by Crippen LogP contribution is -1.92. The van der Waals surface area contributed by atoms with Crippen molar-refractivity contribution in [2.45, 2.75) is 0 Å². The van der Waals surface area contributed by atoms with Gasteiger partial charge in [0.1, 0.15) is 5.82 Å². The fourth-order valence-electron chi connectivity index (χ4n) is 1.11. The first-order valence-electron chi connectivity index (χ1n) is 3.72. The first-order valence-corrected chi connectivity index (χ1v) is 4.54. The van der Waals surface area contributed by atoms with Crippen molar-refractivity contribution < 1.29 is 4.39 Å². The van der Waals surface area contributed by atoms with Gasteiger partial charge in [-0.25, -0.2) is 4.39 Å². The third-order valence-corrected chi connectivity index (χ3v) is 2.60. The lowest BCUT2D eigenvalue weighted by molar-refractivity contribution is 0.627. The number of rotatable bonds is 1. The van der Waals surface area contributed by atoms with Gasteiger partial charge in [0, 0.05) is 11.4 Å². The Labute approximate surface area is 74.8 Å². The molecule has 0 fully saturated rings. The monoisotopic (exact) mass is 181 g/mol. The summed E-state index contributed by atoms with van der Waals surface area (Å²) >= 11 is 1.55. The van der Waals surface area contributed by atoms with Gasteiger partial charge in [-0.05, 0) is 29.6 Å². The quantitative estimate of drug-likeness (QED) is 0.668. The van der Waals surface area contributed by atoms with E-state index in [-0.39, 0.29) is 5.82 Å². The minimum absolute atomic E-state index is 0.180. The van der Waals surface area contributed by atoms with Gasteiger partial charge in [0.15, 0.2) is 0 Å². The van der Waals surface area contributed by atoms with E-state index in [1.54, 1.807) is 24.1 Å². The summed E-state index contributed by atoms with van der Waals surface area (Å²) in [6.45, 7) is 0.858. The van der Waals surface area contributed by atoms with Gasteiger partial charge in [0.2, 0.25) is 0 Å².